The molecule has 6 nitrogen and oxygen atoms in total. The number of amides is 1. The van der Waals surface area contributed by atoms with Crippen molar-refractivity contribution in [2.45, 2.75) is 4.90 Å². The summed E-state index contributed by atoms with van der Waals surface area (Å²) in [6.07, 6.45) is 2.94. The minimum Gasteiger partial charge on any atom is -0.336 e. The van der Waals surface area contributed by atoms with Gasteiger partial charge in [-0.25, -0.2) is 21.6 Å². The van der Waals surface area contributed by atoms with Gasteiger partial charge in [0.05, 0.1) is 0 Å². The molecule has 1 aliphatic rings. The zero-order valence-electron chi connectivity index (χ0n) is 13.4. The smallest absolute Gasteiger partial charge is 0.254 e. The highest BCUT2D eigenvalue weighted by Crippen LogP contribution is 2.24. The van der Waals surface area contributed by atoms with Crippen LogP contribution in [-0.4, -0.2) is 54.7 Å². The molecule has 2 heterocycles. The Kier molecular flexibility index (Phi) is 4.97. The molecule has 2 aromatic rings. The Labute approximate surface area is 147 Å². The van der Waals surface area contributed by atoms with Gasteiger partial charge in [0.15, 0.2) is 17.5 Å². The van der Waals surface area contributed by atoms with Gasteiger partial charge in [-0.05, 0) is 24.3 Å². The van der Waals surface area contributed by atoms with Gasteiger partial charge in [0.25, 0.3) is 5.91 Å². The van der Waals surface area contributed by atoms with Crippen LogP contribution in [0.4, 0.5) is 13.2 Å². The second kappa shape index (κ2) is 7.04. The van der Waals surface area contributed by atoms with Crippen LogP contribution >= 0.6 is 0 Å². The number of carbonyl (C=O) groups excluding carboxylic acids is 1. The van der Waals surface area contributed by atoms with Crippen molar-refractivity contribution < 1.29 is 26.4 Å². The maximum atomic E-state index is 13.8. The van der Waals surface area contributed by atoms with Crippen LogP contribution in [0.3, 0.4) is 0 Å². The largest absolute Gasteiger partial charge is 0.336 e. The lowest BCUT2D eigenvalue weighted by Gasteiger charge is -2.34. The minimum absolute atomic E-state index is 0.0857. The summed E-state index contributed by atoms with van der Waals surface area (Å²) in [5.41, 5.74) is 0.419. The lowest BCUT2D eigenvalue weighted by Crippen LogP contribution is -2.50. The highest BCUT2D eigenvalue weighted by atomic mass is 32.2. The number of hydrogen-bond donors (Lipinski definition) is 0. The number of hydrogen-bond acceptors (Lipinski definition) is 4. The highest BCUT2D eigenvalue weighted by Gasteiger charge is 2.33. The average molecular weight is 385 g/mol. The Morgan fingerprint density at radius 3 is 2.15 bits per heavy atom. The number of aromatic nitrogens is 1. The van der Waals surface area contributed by atoms with Gasteiger partial charge in [0.2, 0.25) is 10.0 Å². The summed E-state index contributed by atoms with van der Waals surface area (Å²) in [6, 6.07) is 4.34. The summed E-state index contributed by atoms with van der Waals surface area (Å²) in [6.45, 7) is 0.00650. The minimum atomic E-state index is -4.34. The van der Waals surface area contributed by atoms with Crippen LogP contribution in [0.15, 0.2) is 41.6 Å². The van der Waals surface area contributed by atoms with Crippen LogP contribution in [0.2, 0.25) is 0 Å². The van der Waals surface area contributed by atoms with Crippen LogP contribution in [-0.2, 0) is 10.0 Å². The van der Waals surface area contributed by atoms with E-state index in [2.05, 4.69) is 4.98 Å². The number of rotatable bonds is 3. The van der Waals surface area contributed by atoms with E-state index in [9.17, 15) is 26.4 Å². The number of carbonyl (C=O) groups is 1. The van der Waals surface area contributed by atoms with E-state index in [0.29, 0.717) is 17.7 Å². The molecule has 1 amide bonds. The van der Waals surface area contributed by atoms with Gasteiger partial charge in [-0.2, -0.15) is 4.31 Å². The SMILES string of the molecule is O=C(c1ccncc1)N1CCN(S(=O)(=O)c2ccc(F)c(F)c2F)CC1. The highest BCUT2D eigenvalue weighted by molar-refractivity contribution is 7.89. The van der Waals surface area contributed by atoms with Crippen LogP contribution in [0.5, 0.6) is 0 Å². The van der Waals surface area contributed by atoms with E-state index in [1.54, 1.807) is 12.1 Å². The molecular formula is C16H14F3N3O3S. The third-order valence-electron chi connectivity index (χ3n) is 4.07. The van der Waals surface area contributed by atoms with Gasteiger partial charge in [0.1, 0.15) is 4.90 Å². The predicted molar refractivity (Wildman–Crippen MR) is 85.2 cm³/mol. The molecular weight excluding hydrogens is 371 g/mol. The van der Waals surface area contributed by atoms with Gasteiger partial charge >= 0.3 is 0 Å². The molecule has 1 aromatic carbocycles. The number of benzene rings is 1. The Balaban J connectivity index is 1.75. The zero-order chi connectivity index (χ0) is 18.9. The zero-order valence-corrected chi connectivity index (χ0v) is 14.2. The molecule has 1 aliphatic heterocycles. The van der Waals surface area contributed by atoms with Gasteiger partial charge in [-0.1, -0.05) is 0 Å². The van der Waals surface area contributed by atoms with Gasteiger partial charge < -0.3 is 4.90 Å². The van der Waals surface area contributed by atoms with Crippen molar-refractivity contribution in [1.82, 2.24) is 14.2 Å². The maximum Gasteiger partial charge on any atom is 0.254 e. The van der Waals surface area contributed by atoms with Crippen molar-refractivity contribution in [1.29, 1.82) is 0 Å². The first-order valence-corrected chi connectivity index (χ1v) is 9.09. The Hall–Kier alpha value is -2.46. The van der Waals surface area contributed by atoms with E-state index in [-0.39, 0.29) is 32.1 Å². The molecule has 26 heavy (non-hydrogen) atoms. The van der Waals surface area contributed by atoms with Crippen LogP contribution in [0.25, 0.3) is 0 Å². The maximum absolute atomic E-state index is 13.8. The summed E-state index contributed by atoms with van der Waals surface area (Å²) < 4.78 is 66.2. The summed E-state index contributed by atoms with van der Waals surface area (Å²) in [7, 11) is -4.34. The quantitative estimate of drug-likeness (QED) is 0.754. The molecule has 0 unspecified atom stereocenters. The van der Waals surface area contributed by atoms with Crippen molar-refractivity contribution in [3.8, 4) is 0 Å². The van der Waals surface area contributed by atoms with Crippen LogP contribution < -0.4 is 0 Å². The van der Waals surface area contributed by atoms with E-state index in [0.717, 1.165) is 4.31 Å². The van der Waals surface area contributed by atoms with Crippen molar-refractivity contribution in [3.05, 3.63) is 59.7 Å². The third kappa shape index (κ3) is 3.29. The van der Waals surface area contributed by atoms with Gasteiger partial charge in [-0.3, -0.25) is 9.78 Å². The summed E-state index contributed by atoms with van der Waals surface area (Å²) in [4.78, 5) is 16.7. The summed E-state index contributed by atoms with van der Waals surface area (Å²) in [5.74, 6) is -5.32. The molecule has 0 N–H and O–H groups in total. The van der Waals surface area contributed by atoms with Crippen molar-refractivity contribution in [2.24, 2.45) is 0 Å². The van der Waals surface area contributed by atoms with E-state index >= 15 is 0 Å². The second-order valence-electron chi connectivity index (χ2n) is 5.61. The Morgan fingerprint density at radius 1 is 0.923 bits per heavy atom. The molecule has 0 aliphatic carbocycles. The summed E-state index contributed by atoms with van der Waals surface area (Å²) in [5, 5.41) is 0. The first kappa shape index (κ1) is 18.3. The standard InChI is InChI=1S/C16H14F3N3O3S/c17-12-1-2-13(15(19)14(12)18)26(24,25)22-9-7-21(8-10-22)16(23)11-3-5-20-6-4-11/h1-6H,7-10H2. The molecule has 138 valence electrons. The first-order valence-electron chi connectivity index (χ1n) is 7.65. The van der Waals surface area contributed by atoms with Crippen LogP contribution in [0, 0.1) is 17.5 Å². The van der Waals surface area contributed by atoms with E-state index in [1.807, 2.05) is 0 Å². The van der Waals surface area contributed by atoms with E-state index in [4.69, 9.17) is 0 Å². The topological polar surface area (TPSA) is 70.6 Å². The normalized spacial score (nSPS) is 15.9. The average Bonchev–Trinajstić information content (AvgIpc) is 2.66. The number of sulfonamides is 1. The third-order valence-corrected chi connectivity index (χ3v) is 5.99. The molecule has 10 heteroatoms. The molecule has 1 saturated heterocycles. The lowest BCUT2D eigenvalue weighted by atomic mass is 10.2. The van der Waals surface area contributed by atoms with Crippen molar-refractivity contribution in [2.75, 3.05) is 26.2 Å². The Bertz CT molecular complexity index is 931. The summed E-state index contributed by atoms with van der Waals surface area (Å²) >= 11 is 0. The van der Waals surface area contributed by atoms with E-state index < -0.39 is 32.4 Å². The van der Waals surface area contributed by atoms with Gasteiger partial charge in [0, 0.05) is 44.1 Å². The number of pyridine rings is 1. The molecule has 3 rings (SSSR count). The molecule has 0 atom stereocenters. The molecule has 0 bridgehead atoms. The fourth-order valence-electron chi connectivity index (χ4n) is 2.66. The number of halogens is 3. The molecule has 1 fully saturated rings. The molecule has 0 radical (unpaired) electrons. The van der Waals surface area contributed by atoms with Gasteiger partial charge in [-0.15, -0.1) is 0 Å². The number of nitrogens with zero attached hydrogens (tertiary/aromatic N) is 3. The fourth-order valence-corrected chi connectivity index (χ4v) is 4.13. The van der Waals surface area contributed by atoms with E-state index in [1.165, 1.54) is 17.3 Å². The molecule has 0 saturated carbocycles. The Morgan fingerprint density at radius 2 is 1.54 bits per heavy atom. The van der Waals surface area contributed by atoms with Crippen LogP contribution in [0.1, 0.15) is 10.4 Å². The first-order chi connectivity index (χ1) is 12.3. The second-order valence-corrected chi connectivity index (χ2v) is 7.51. The van der Waals surface area contributed by atoms with Crippen molar-refractivity contribution >= 4 is 15.9 Å². The predicted octanol–water partition coefficient (Wildman–Crippen LogP) is 1.65. The molecule has 0 spiro atoms. The fraction of sp³-hybridized carbons (Fsp3) is 0.250. The lowest BCUT2D eigenvalue weighted by molar-refractivity contribution is 0.0697. The van der Waals surface area contributed by atoms with Crippen molar-refractivity contribution in [3.63, 3.8) is 0 Å². The number of piperazine rings is 1. The monoisotopic (exact) mass is 385 g/mol. The molecule has 1 aromatic heterocycles.